The standard InChI is InChI=1S/C22H22N6O2S2/c29-32(30,27-28-13-7-1-2-8-14-28)19-15-24-22-21(25-19)26-20(17-10-5-6-12-23-17)16-9-3-4-11-18(16)31-22/h3-6,9-12,15,27H,1-2,7-8,13-14H2. The number of hydrogen-bond donors (Lipinski definition) is 1. The summed E-state index contributed by atoms with van der Waals surface area (Å²) in [5, 5.41) is 2.16. The molecule has 0 bridgehead atoms. The maximum atomic E-state index is 13.0. The number of aliphatic imine (C=N–C) groups is 1. The Bertz CT molecular complexity index is 1260. The second-order valence-electron chi connectivity index (χ2n) is 7.61. The smallest absolute Gasteiger partial charge is 0.255 e. The zero-order chi connectivity index (χ0) is 22.0. The van der Waals surface area contributed by atoms with Gasteiger partial charge in [-0.1, -0.05) is 48.9 Å². The maximum Gasteiger partial charge on any atom is 0.272 e. The summed E-state index contributed by atoms with van der Waals surface area (Å²) in [5.74, 6) is 0.269. The number of nitrogens with one attached hydrogen (secondary N) is 1. The Morgan fingerprint density at radius 1 is 0.938 bits per heavy atom. The Labute approximate surface area is 191 Å². The third-order valence-electron chi connectivity index (χ3n) is 5.30. The van der Waals surface area contributed by atoms with Gasteiger partial charge in [-0.3, -0.25) is 4.98 Å². The summed E-state index contributed by atoms with van der Waals surface area (Å²) >= 11 is 1.42. The number of pyridine rings is 1. The zero-order valence-electron chi connectivity index (χ0n) is 17.3. The van der Waals surface area contributed by atoms with Crippen LogP contribution in [0.4, 0.5) is 5.82 Å². The summed E-state index contributed by atoms with van der Waals surface area (Å²) in [5.41, 5.74) is 2.23. The van der Waals surface area contributed by atoms with Crippen molar-refractivity contribution < 1.29 is 8.42 Å². The molecule has 4 heterocycles. The van der Waals surface area contributed by atoms with E-state index in [1.54, 1.807) is 11.2 Å². The molecule has 1 saturated heterocycles. The molecule has 0 amide bonds. The number of aromatic nitrogens is 3. The third-order valence-corrected chi connectivity index (χ3v) is 7.61. The molecular formula is C22H22N6O2S2. The molecule has 0 aliphatic carbocycles. The van der Waals surface area contributed by atoms with E-state index < -0.39 is 10.0 Å². The minimum atomic E-state index is -3.86. The molecule has 0 radical (unpaired) electrons. The van der Waals surface area contributed by atoms with Gasteiger partial charge < -0.3 is 0 Å². The largest absolute Gasteiger partial charge is 0.272 e. The van der Waals surface area contributed by atoms with Crippen LogP contribution in [-0.2, 0) is 10.0 Å². The maximum absolute atomic E-state index is 13.0. The summed E-state index contributed by atoms with van der Waals surface area (Å²) in [6.45, 7) is 1.37. The lowest BCUT2D eigenvalue weighted by atomic mass is 10.1. The average molecular weight is 467 g/mol. The predicted octanol–water partition coefficient (Wildman–Crippen LogP) is 3.57. The Morgan fingerprint density at radius 3 is 2.50 bits per heavy atom. The Balaban J connectivity index is 1.55. The van der Waals surface area contributed by atoms with Gasteiger partial charge in [-0.25, -0.2) is 28.4 Å². The molecule has 2 aromatic heterocycles. The van der Waals surface area contributed by atoms with Gasteiger partial charge in [-0.05, 0) is 31.0 Å². The van der Waals surface area contributed by atoms with Crippen molar-refractivity contribution in [1.82, 2.24) is 24.8 Å². The molecule has 0 saturated carbocycles. The fourth-order valence-corrected chi connectivity index (χ4v) is 5.66. The van der Waals surface area contributed by atoms with E-state index in [9.17, 15) is 8.42 Å². The lowest BCUT2D eigenvalue weighted by Gasteiger charge is -2.20. The van der Waals surface area contributed by atoms with Crippen LogP contribution in [0.1, 0.15) is 36.9 Å². The van der Waals surface area contributed by atoms with Crippen LogP contribution in [0.3, 0.4) is 0 Å². The van der Waals surface area contributed by atoms with Gasteiger partial charge in [0.05, 0.1) is 17.6 Å². The quantitative estimate of drug-likeness (QED) is 0.491. The summed E-state index contributed by atoms with van der Waals surface area (Å²) < 4.78 is 26.1. The Kier molecular flexibility index (Phi) is 6.01. The fourth-order valence-electron chi connectivity index (χ4n) is 3.73. The molecule has 1 fully saturated rings. The summed E-state index contributed by atoms with van der Waals surface area (Å²) in [4.78, 5) is 21.7. The normalized spacial score (nSPS) is 16.9. The molecule has 3 aromatic rings. The highest BCUT2D eigenvalue weighted by Crippen LogP contribution is 2.39. The van der Waals surface area contributed by atoms with Crippen molar-refractivity contribution in [3.63, 3.8) is 0 Å². The van der Waals surface area contributed by atoms with Crippen LogP contribution in [0.15, 0.2) is 74.8 Å². The van der Waals surface area contributed by atoms with Crippen molar-refractivity contribution in [1.29, 1.82) is 0 Å². The SMILES string of the molecule is O=S(=O)(NN1CCCCCC1)c1cnc2c(n1)N=C(c1ccccn1)c1ccccc1S2. The fraction of sp³-hybridized carbons (Fsp3) is 0.273. The molecule has 5 rings (SSSR count). The van der Waals surface area contributed by atoms with E-state index in [-0.39, 0.29) is 10.8 Å². The van der Waals surface area contributed by atoms with Gasteiger partial charge in [0.2, 0.25) is 0 Å². The van der Waals surface area contributed by atoms with Crippen molar-refractivity contribution in [2.45, 2.75) is 40.6 Å². The second kappa shape index (κ2) is 9.07. The summed E-state index contributed by atoms with van der Waals surface area (Å²) in [7, 11) is -3.86. The van der Waals surface area contributed by atoms with Crippen molar-refractivity contribution in [2.75, 3.05) is 13.1 Å². The number of hydrazine groups is 1. The molecule has 0 atom stereocenters. The van der Waals surface area contributed by atoms with Crippen LogP contribution >= 0.6 is 11.8 Å². The van der Waals surface area contributed by atoms with E-state index in [1.807, 2.05) is 42.5 Å². The highest BCUT2D eigenvalue weighted by Gasteiger charge is 2.26. The number of benzene rings is 1. The van der Waals surface area contributed by atoms with Crippen LogP contribution in [0.5, 0.6) is 0 Å². The van der Waals surface area contributed by atoms with Gasteiger partial charge in [-0.15, -0.1) is 4.83 Å². The van der Waals surface area contributed by atoms with Gasteiger partial charge in [0, 0.05) is 29.7 Å². The Hall–Kier alpha value is -2.66. The first kappa shape index (κ1) is 21.2. The van der Waals surface area contributed by atoms with Crippen LogP contribution in [0.25, 0.3) is 0 Å². The number of nitrogens with zero attached hydrogens (tertiary/aromatic N) is 5. The van der Waals surface area contributed by atoms with Crippen LogP contribution in [0.2, 0.25) is 0 Å². The third kappa shape index (κ3) is 4.44. The second-order valence-corrected chi connectivity index (χ2v) is 10.2. The van der Waals surface area contributed by atoms with Gasteiger partial charge in [0.15, 0.2) is 10.8 Å². The number of rotatable bonds is 4. The van der Waals surface area contributed by atoms with Crippen molar-refractivity contribution >= 4 is 33.3 Å². The molecule has 0 spiro atoms. The van der Waals surface area contributed by atoms with Gasteiger partial charge in [0.25, 0.3) is 10.0 Å². The molecule has 2 aliphatic rings. The first-order valence-corrected chi connectivity index (χ1v) is 12.8. The van der Waals surface area contributed by atoms with E-state index in [1.165, 1.54) is 18.0 Å². The predicted molar refractivity (Wildman–Crippen MR) is 122 cm³/mol. The molecule has 10 heteroatoms. The van der Waals surface area contributed by atoms with Crippen LogP contribution < -0.4 is 4.83 Å². The summed E-state index contributed by atoms with van der Waals surface area (Å²) in [6.07, 6.45) is 7.16. The van der Waals surface area contributed by atoms with E-state index in [0.29, 0.717) is 29.5 Å². The number of hydrogen-bond acceptors (Lipinski definition) is 8. The van der Waals surface area contributed by atoms with Crippen LogP contribution in [0, 0.1) is 0 Å². The van der Waals surface area contributed by atoms with Gasteiger partial charge in [-0.2, -0.15) is 0 Å². The molecule has 0 unspecified atom stereocenters. The molecule has 32 heavy (non-hydrogen) atoms. The summed E-state index contributed by atoms with van der Waals surface area (Å²) in [6, 6.07) is 13.5. The monoisotopic (exact) mass is 466 g/mol. The van der Waals surface area contributed by atoms with E-state index in [2.05, 4.69) is 19.8 Å². The Morgan fingerprint density at radius 2 is 1.72 bits per heavy atom. The molecule has 2 aliphatic heterocycles. The van der Waals surface area contributed by atoms with Crippen molar-refractivity contribution in [3.05, 3.63) is 66.1 Å². The lowest BCUT2D eigenvalue weighted by molar-refractivity contribution is 0.250. The van der Waals surface area contributed by atoms with Gasteiger partial charge >= 0.3 is 0 Å². The first-order valence-electron chi connectivity index (χ1n) is 10.5. The molecular weight excluding hydrogens is 444 g/mol. The molecule has 164 valence electrons. The molecule has 8 nitrogen and oxygen atoms in total. The zero-order valence-corrected chi connectivity index (χ0v) is 18.9. The van der Waals surface area contributed by atoms with E-state index >= 15 is 0 Å². The lowest BCUT2D eigenvalue weighted by Crippen LogP contribution is -2.42. The number of sulfonamides is 1. The van der Waals surface area contributed by atoms with Crippen molar-refractivity contribution in [2.24, 2.45) is 4.99 Å². The first-order chi connectivity index (χ1) is 15.6. The number of fused-ring (bicyclic) bond motifs is 2. The van der Waals surface area contributed by atoms with Gasteiger partial charge in [0.1, 0.15) is 5.03 Å². The molecule has 1 N–H and O–H groups in total. The molecule has 1 aromatic carbocycles. The minimum absolute atomic E-state index is 0.142. The van der Waals surface area contributed by atoms with Crippen molar-refractivity contribution in [3.8, 4) is 0 Å². The highest BCUT2D eigenvalue weighted by molar-refractivity contribution is 7.99. The topological polar surface area (TPSA) is 100 Å². The minimum Gasteiger partial charge on any atom is -0.255 e. The van der Waals surface area contributed by atoms with E-state index in [0.717, 1.165) is 36.1 Å². The highest BCUT2D eigenvalue weighted by atomic mass is 32.2. The van der Waals surface area contributed by atoms with E-state index in [4.69, 9.17) is 4.99 Å². The average Bonchev–Trinajstić information content (AvgIpc) is 3.16. The van der Waals surface area contributed by atoms with Crippen LogP contribution in [-0.4, -0.2) is 47.2 Å².